The van der Waals surface area contributed by atoms with Gasteiger partial charge in [0.2, 0.25) is 0 Å². The van der Waals surface area contributed by atoms with Gasteiger partial charge in [0.1, 0.15) is 5.82 Å². The Kier molecular flexibility index (Phi) is 2.99. The third kappa shape index (κ3) is 2.22. The van der Waals surface area contributed by atoms with Gasteiger partial charge in [0.05, 0.1) is 5.56 Å². The van der Waals surface area contributed by atoms with E-state index < -0.39 is 5.82 Å². The van der Waals surface area contributed by atoms with Crippen LogP contribution in [0.2, 0.25) is 0 Å². The molecule has 2 aromatic rings. The molecule has 0 atom stereocenters. The zero-order chi connectivity index (χ0) is 12.4. The summed E-state index contributed by atoms with van der Waals surface area (Å²) in [5.74, 6) is 0.0932. The summed E-state index contributed by atoms with van der Waals surface area (Å²) in [6.07, 6.45) is 0.295. The quantitative estimate of drug-likeness (QED) is 0.766. The average molecular weight is 234 g/mol. The van der Waals surface area contributed by atoms with Crippen molar-refractivity contribution in [2.45, 2.75) is 20.3 Å². The normalized spacial score (nSPS) is 10.5. The van der Waals surface area contributed by atoms with Crippen molar-refractivity contribution in [2.24, 2.45) is 0 Å². The number of nitrogens with zero attached hydrogens (tertiary/aromatic N) is 2. The Hall–Kier alpha value is -2.04. The molecular weight excluding hydrogens is 223 g/mol. The van der Waals surface area contributed by atoms with E-state index in [2.05, 4.69) is 10.1 Å². The Bertz CT molecular complexity index is 563. The Morgan fingerprint density at radius 2 is 2.24 bits per heavy atom. The van der Waals surface area contributed by atoms with Crippen LogP contribution < -0.4 is 0 Å². The minimum absolute atomic E-state index is 0.157. The second-order valence-electron chi connectivity index (χ2n) is 3.61. The van der Waals surface area contributed by atoms with Gasteiger partial charge in [0.25, 0.3) is 5.89 Å². The summed E-state index contributed by atoms with van der Waals surface area (Å²) < 4.78 is 18.1. The maximum absolute atomic E-state index is 13.1. The second kappa shape index (κ2) is 4.45. The molecule has 0 saturated carbocycles. The van der Waals surface area contributed by atoms with Crippen molar-refractivity contribution in [1.82, 2.24) is 10.1 Å². The van der Waals surface area contributed by atoms with Crippen LogP contribution in [0.5, 0.6) is 0 Å². The van der Waals surface area contributed by atoms with Gasteiger partial charge >= 0.3 is 0 Å². The first-order valence-electron chi connectivity index (χ1n) is 5.25. The van der Waals surface area contributed by atoms with Crippen molar-refractivity contribution in [1.29, 1.82) is 0 Å². The highest BCUT2D eigenvalue weighted by molar-refractivity contribution is 6.01. The van der Waals surface area contributed by atoms with Gasteiger partial charge in [-0.2, -0.15) is 4.98 Å². The lowest BCUT2D eigenvalue weighted by Gasteiger charge is -2.03. The molecule has 0 N–H and O–H groups in total. The van der Waals surface area contributed by atoms with Crippen LogP contribution in [0, 0.1) is 12.7 Å². The molecule has 0 spiro atoms. The van der Waals surface area contributed by atoms with Crippen LogP contribution in [0.25, 0.3) is 11.5 Å². The van der Waals surface area contributed by atoms with E-state index in [0.717, 1.165) is 0 Å². The van der Waals surface area contributed by atoms with Gasteiger partial charge in [0.15, 0.2) is 11.6 Å². The molecule has 1 aromatic heterocycles. The van der Waals surface area contributed by atoms with Gasteiger partial charge in [0, 0.05) is 12.0 Å². The van der Waals surface area contributed by atoms with Crippen molar-refractivity contribution in [3.8, 4) is 11.5 Å². The number of rotatable bonds is 3. The van der Waals surface area contributed by atoms with Crippen molar-refractivity contribution in [3.05, 3.63) is 35.4 Å². The summed E-state index contributed by atoms with van der Waals surface area (Å²) in [4.78, 5) is 15.7. The summed E-state index contributed by atoms with van der Waals surface area (Å²) in [7, 11) is 0. The van der Waals surface area contributed by atoms with Crippen LogP contribution >= 0.6 is 0 Å². The van der Waals surface area contributed by atoms with Gasteiger partial charge in [-0.25, -0.2) is 4.39 Å². The van der Waals surface area contributed by atoms with Gasteiger partial charge in [-0.05, 0) is 25.1 Å². The Balaban J connectivity index is 2.57. The first kappa shape index (κ1) is 11.4. The van der Waals surface area contributed by atoms with Crippen LogP contribution in [0.4, 0.5) is 4.39 Å². The van der Waals surface area contributed by atoms with Gasteiger partial charge < -0.3 is 4.52 Å². The number of aryl methyl sites for hydroxylation is 1. The highest BCUT2D eigenvalue weighted by atomic mass is 19.1. The molecule has 17 heavy (non-hydrogen) atoms. The number of carbonyl (C=O) groups is 1. The van der Waals surface area contributed by atoms with Crippen LogP contribution in [-0.4, -0.2) is 15.9 Å². The van der Waals surface area contributed by atoms with E-state index >= 15 is 0 Å². The Labute approximate surface area is 97.5 Å². The SMILES string of the molecule is CCC(=O)c1cc(F)ccc1-c1nc(C)no1. The first-order chi connectivity index (χ1) is 8.11. The van der Waals surface area contributed by atoms with Crippen molar-refractivity contribution in [2.75, 3.05) is 0 Å². The lowest BCUT2D eigenvalue weighted by Crippen LogP contribution is -2.00. The fraction of sp³-hybridized carbons (Fsp3) is 0.250. The largest absolute Gasteiger partial charge is 0.334 e. The highest BCUT2D eigenvalue weighted by Gasteiger charge is 2.16. The molecule has 0 aliphatic heterocycles. The van der Waals surface area contributed by atoms with E-state index in [-0.39, 0.29) is 17.2 Å². The molecular formula is C12H11FN2O2. The topological polar surface area (TPSA) is 56.0 Å². The van der Waals surface area contributed by atoms with Gasteiger partial charge in [-0.3, -0.25) is 4.79 Å². The van der Waals surface area contributed by atoms with E-state index in [4.69, 9.17) is 4.52 Å². The molecule has 88 valence electrons. The van der Waals surface area contributed by atoms with Crippen molar-refractivity contribution < 1.29 is 13.7 Å². The standard InChI is InChI=1S/C12H11FN2O2/c1-3-11(16)10-6-8(13)4-5-9(10)12-14-7(2)15-17-12/h4-6H,3H2,1-2H3. The first-order valence-corrected chi connectivity index (χ1v) is 5.25. The molecule has 4 nitrogen and oxygen atoms in total. The van der Waals surface area contributed by atoms with E-state index in [1.165, 1.54) is 18.2 Å². The maximum atomic E-state index is 13.1. The maximum Gasteiger partial charge on any atom is 0.258 e. The molecule has 0 unspecified atom stereocenters. The number of benzene rings is 1. The Morgan fingerprint density at radius 1 is 1.47 bits per heavy atom. The minimum Gasteiger partial charge on any atom is -0.334 e. The predicted molar refractivity (Wildman–Crippen MR) is 59.1 cm³/mol. The van der Waals surface area contributed by atoms with Crippen LogP contribution in [0.1, 0.15) is 29.5 Å². The van der Waals surface area contributed by atoms with Crippen molar-refractivity contribution >= 4 is 5.78 Å². The highest BCUT2D eigenvalue weighted by Crippen LogP contribution is 2.24. The van der Waals surface area contributed by atoms with Crippen LogP contribution in [0.3, 0.4) is 0 Å². The number of hydrogen-bond donors (Lipinski definition) is 0. The second-order valence-corrected chi connectivity index (χ2v) is 3.61. The molecule has 1 aromatic carbocycles. The zero-order valence-electron chi connectivity index (χ0n) is 9.53. The zero-order valence-corrected chi connectivity index (χ0v) is 9.53. The lowest BCUT2D eigenvalue weighted by molar-refractivity contribution is 0.0988. The summed E-state index contributed by atoms with van der Waals surface area (Å²) in [6.45, 7) is 3.40. The molecule has 0 aliphatic rings. The van der Waals surface area contributed by atoms with E-state index in [0.29, 0.717) is 17.8 Å². The third-order valence-electron chi connectivity index (χ3n) is 2.36. The number of carbonyl (C=O) groups excluding carboxylic acids is 1. The molecule has 0 saturated heterocycles. The molecule has 0 radical (unpaired) electrons. The van der Waals surface area contributed by atoms with E-state index in [1.54, 1.807) is 13.8 Å². The molecule has 0 aliphatic carbocycles. The van der Waals surface area contributed by atoms with Gasteiger partial charge in [-0.1, -0.05) is 12.1 Å². The number of Topliss-reactive ketones (excluding diaryl/α,β-unsaturated/α-hetero) is 1. The summed E-state index contributed by atoms with van der Waals surface area (Å²) in [6, 6.07) is 3.94. The molecule has 0 amide bonds. The van der Waals surface area contributed by atoms with Crippen molar-refractivity contribution in [3.63, 3.8) is 0 Å². The summed E-state index contributed by atoms with van der Waals surface area (Å²) in [5.41, 5.74) is 0.745. The van der Waals surface area contributed by atoms with Crippen LogP contribution in [0.15, 0.2) is 22.7 Å². The summed E-state index contributed by atoms with van der Waals surface area (Å²) >= 11 is 0. The number of aromatic nitrogens is 2. The molecule has 0 fully saturated rings. The average Bonchev–Trinajstić information content (AvgIpc) is 2.74. The number of halogens is 1. The minimum atomic E-state index is -0.457. The van der Waals surface area contributed by atoms with E-state index in [1.807, 2.05) is 0 Å². The Morgan fingerprint density at radius 3 is 2.82 bits per heavy atom. The fourth-order valence-electron chi connectivity index (χ4n) is 1.53. The predicted octanol–water partition coefficient (Wildman–Crippen LogP) is 2.78. The molecule has 2 rings (SSSR count). The van der Waals surface area contributed by atoms with Crippen LogP contribution in [-0.2, 0) is 0 Å². The van der Waals surface area contributed by atoms with Gasteiger partial charge in [-0.15, -0.1) is 0 Å². The molecule has 5 heteroatoms. The molecule has 0 bridgehead atoms. The summed E-state index contributed by atoms with van der Waals surface area (Å²) in [5, 5.41) is 3.65. The third-order valence-corrected chi connectivity index (χ3v) is 2.36. The fourth-order valence-corrected chi connectivity index (χ4v) is 1.53. The lowest BCUT2D eigenvalue weighted by atomic mass is 10.0. The van der Waals surface area contributed by atoms with E-state index in [9.17, 15) is 9.18 Å². The smallest absolute Gasteiger partial charge is 0.258 e. The monoisotopic (exact) mass is 234 g/mol. The number of ketones is 1. The number of hydrogen-bond acceptors (Lipinski definition) is 4. The molecule has 1 heterocycles.